The predicted molar refractivity (Wildman–Crippen MR) is 106 cm³/mol. The summed E-state index contributed by atoms with van der Waals surface area (Å²) in [6, 6.07) is 5.07. The number of halogens is 1. The van der Waals surface area contributed by atoms with Crippen LogP contribution in [-0.2, 0) is 9.53 Å². The number of amides is 2. The third-order valence-corrected chi connectivity index (χ3v) is 5.56. The van der Waals surface area contributed by atoms with Gasteiger partial charge in [0.05, 0.1) is 25.2 Å². The Morgan fingerprint density at radius 3 is 2.76 bits per heavy atom. The van der Waals surface area contributed by atoms with Crippen molar-refractivity contribution in [2.45, 2.75) is 50.4 Å². The smallest absolute Gasteiger partial charge is 0.251 e. The van der Waals surface area contributed by atoms with Gasteiger partial charge in [0, 0.05) is 18.7 Å². The van der Waals surface area contributed by atoms with Crippen LogP contribution in [0.3, 0.4) is 0 Å². The summed E-state index contributed by atoms with van der Waals surface area (Å²) in [5.74, 6) is -0.949. The molecule has 7 nitrogen and oxygen atoms in total. The summed E-state index contributed by atoms with van der Waals surface area (Å²) in [6.45, 7) is 3.43. The van der Waals surface area contributed by atoms with Gasteiger partial charge >= 0.3 is 0 Å². The number of carbonyl (C=O) groups is 2. The maximum atomic E-state index is 13.3. The van der Waals surface area contributed by atoms with Gasteiger partial charge in [0.15, 0.2) is 0 Å². The number of carbonyl (C=O) groups excluding carboxylic acids is 2. The Morgan fingerprint density at radius 1 is 1.24 bits per heavy atom. The molecule has 0 saturated carbocycles. The molecular weight excluding hydrogens is 377 g/mol. The molecule has 0 bridgehead atoms. The summed E-state index contributed by atoms with van der Waals surface area (Å²) in [7, 11) is 0. The number of aliphatic hydroxyl groups is 1. The second kappa shape index (κ2) is 10.7. The van der Waals surface area contributed by atoms with Crippen molar-refractivity contribution in [2.75, 3.05) is 32.8 Å². The largest absolute Gasteiger partial charge is 0.394 e. The molecule has 3 N–H and O–H groups in total. The average Bonchev–Trinajstić information content (AvgIpc) is 3.22. The van der Waals surface area contributed by atoms with Crippen LogP contribution in [-0.4, -0.2) is 72.9 Å². The van der Waals surface area contributed by atoms with E-state index in [4.69, 9.17) is 4.74 Å². The third kappa shape index (κ3) is 6.48. The zero-order valence-electron chi connectivity index (χ0n) is 16.6. The molecule has 160 valence electrons. The van der Waals surface area contributed by atoms with Crippen molar-refractivity contribution in [3.8, 4) is 0 Å². The van der Waals surface area contributed by atoms with Crippen LogP contribution in [0.5, 0.6) is 0 Å². The van der Waals surface area contributed by atoms with Crippen molar-refractivity contribution in [1.82, 2.24) is 15.5 Å². The zero-order valence-corrected chi connectivity index (χ0v) is 16.6. The second-order valence-electron chi connectivity index (χ2n) is 7.75. The minimum atomic E-state index is -0.594. The number of hydrogen-bond donors (Lipinski definition) is 3. The van der Waals surface area contributed by atoms with E-state index in [0.717, 1.165) is 19.6 Å². The second-order valence-corrected chi connectivity index (χ2v) is 7.75. The monoisotopic (exact) mass is 407 g/mol. The van der Waals surface area contributed by atoms with Gasteiger partial charge in [0.1, 0.15) is 11.9 Å². The lowest BCUT2D eigenvalue weighted by molar-refractivity contribution is -0.130. The summed E-state index contributed by atoms with van der Waals surface area (Å²) >= 11 is 0. The third-order valence-electron chi connectivity index (χ3n) is 5.56. The summed E-state index contributed by atoms with van der Waals surface area (Å²) in [4.78, 5) is 26.8. The molecule has 0 aliphatic carbocycles. The first-order valence-corrected chi connectivity index (χ1v) is 10.4. The summed E-state index contributed by atoms with van der Waals surface area (Å²) in [5.41, 5.74) is 0.223. The molecule has 1 aromatic carbocycles. The van der Waals surface area contributed by atoms with E-state index >= 15 is 0 Å². The normalized spacial score (nSPS) is 25.0. The van der Waals surface area contributed by atoms with Crippen LogP contribution in [0.25, 0.3) is 0 Å². The first-order chi connectivity index (χ1) is 14.0. The van der Waals surface area contributed by atoms with E-state index in [2.05, 4.69) is 15.5 Å². The van der Waals surface area contributed by atoms with Gasteiger partial charge in [-0.05, 0) is 57.0 Å². The Balaban J connectivity index is 1.42. The number of ether oxygens (including phenoxy) is 1. The van der Waals surface area contributed by atoms with Crippen LogP contribution in [0.4, 0.5) is 4.39 Å². The fourth-order valence-corrected chi connectivity index (χ4v) is 3.97. The molecule has 0 aromatic heterocycles. The van der Waals surface area contributed by atoms with E-state index in [-0.39, 0.29) is 36.6 Å². The highest BCUT2D eigenvalue weighted by Gasteiger charge is 2.33. The minimum absolute atomic E-state index is 0.0619. The van der Waals surface area contributed by atoms with Gasteiger partial charge in [-0.3, -0.25) is 9.59 Å². The first-order valence-electron chi connectivity index (χ1n) is 10.4. The lowest BCUT2D eigenvalue weighted by Gasteiger charge is -2.36. The molecule has 0 unspecified atom stereocenters. The summed E-state index contributed by atoms with van der Waals surface area (Å²) in [5, 5.41) is 15.4. The quantitative estimate of drug-likeness (QED) is 0.600. The number of benzene rings is 1. The molecule has 2 aliphatic heterocycles. The van der Waals surface area contributed by atoms with Crippen LogP contribution in [0.2, 0.25) is 0 Å². The number of likely N-dealkylation sites (tertiary alicyclic amines) is 1. The molecule has 0 spiro atoms. The van der Waals surface area contributed by atoms with E-state index in [1.807, 2.05) is 0 Å². The topological polar surface area (TPSA) is 90.9 Å². The van der Waals surface area contributed by atoms with E-state index in [0.29, 0.717) is 19.4 Å². The van der Waals surface area contributed by atoms with Crippen LogP contribution in [0.1, 0.15) is 42.5 Å². The van der Waals surface area contributed by atoms with Gasteiger partial charge in [-0.1, -0.05) is 6.07 Å². The summed E-state index contributed by atoms with van der Waals surface area (Å²) < 4.78 is 19.2. The number of rotatable bonds is 8. The molecular formula is C21H30FN3O4. The molecule has 2 fully saturated rings. The molecule has 0 radical (unpaired) electrons. The Hall–Kier alpha value is -2.03. The van der Waals surface area contributed by atoms with Crippen molar-refractivity contribution >= 4 is 11.8 Å². The highest BCUT2D eigenvalue weighted by molar-refractivity contribution is 5.94. The van der Waals surface area contributed by atoms with Gasteiger partial charge in [-0.15, -0.1) is 0 Å². The Kier molecular flexibility index (Phi) is 7.97. The minimum Gasteiger partial charge on any atom is -0.394 e. The van der Waals surface area contributed by atoms with Gasteiger partial charge in [0.2, 0.25) is 5.91 Å². The van der Waals surface area contributed by atoms with Crippen molar-refractivity contribution in [3.63, 3.8) is 0 Å². The molecule has 2 saturated heterocycles. The number of aliphatic hydroxyl groups excluding tert-OH is 1. The van der Waals surface area contributed by atoms with Crippen LogP contribution in [0.15, 0.2) is 24.3 Å². The van der Waals surface area contributed by atoms with Crippen molar-refractivity contribution in [3.05, 3.63) is 35.6 Å². The molecule has 8 heteroatoms. The van der Waals surface area contributed by atoms with E-state index < -0.39 is 17.8 Å². The summed E-state index contributed by atoms with van der Waals surface area (Å²) in [6.07, 6.45) is 2.99. The van der Waals surface area contributed by atoms with E-state index in [9.17, 15) is 19.1 Å². The molecule has 1 aromatic rings. The van der Waals surface area contributed by atoms with Gasteiger partial charge in [0.25, 0.3) is 5.91 Å². The van der Waals surface area contributed by atoms with Crippen molar-refractivity contribution in [2.24, 2.45) is 0 Å². The van der Waals surface area contributed by atoms with Crippen LogP contribution < -0.4 is 10.6 Å². The first kappa shape index (κ1) is 21.7. The fourth-order valence-electron chi connectivity index (χ4n) is 3.97. The standard InChI is InChI=1S/C21H30FN3O4/c22-16-5-3-4-15(12-16)21(28)24-18-7-6-17(29-19(18)14-26)13-20(27)23-8-11-25-9-1-2-10-25/h3-5,12,17-19,26H,1-2,6-11,13-14H2,(H,23,27)(H,24,28)/t17-,18-,19+/m1/s1. The fraction of sp³-hybridized carbons (Fsp3) is 0.619. The van der Waals surface area contributed by atoms with Crippen LogP contribution in [0, 0.1) is 5.82 Å². The van der Waals surface area contributed by atoms with Gasteiger partial charge in [-0.25, -0.2) is 4.39 Å². The SMILES string of the molecule is O=C(C[C@H]1CC[C@@H](NC(=O)c2cccc(F)c2)[C@H](CO)O1)NCCN1CCCC1. The van der Waals surface area contributed by atoms with E-state index in [1.165, 1.54) is 37.1 Å². The van der Waals surface area contributed by atoms with Gasteiger partial charge < -0.3 is 25.4 Å². The highest BCUT2D eigenvalue weighted by atomic mass is 19.1. The van der Waals surface area contributed by atoms with E-state index in [1.54, 1.807) is 0 Å². The lowest BCUT2D eigenvalue weighted by atomic mass is 9.96. The molecule has 2 heterocycles. The Morgan fingerprint density at radius 2 is 2.03 bits per heavy atom. The van der Waals surface area contributed by atoms with Crippen LogP contribution >= 0.6 is 0 Å². The van der Waals surface area contributed by atoms with Crippen molar-refractivity contribution < 1.29 is 23.8 Å². The number of nitrogens with one attached hydrogen (secondary N) is 2. The van der Waals surface area contributed by atoms with Crippen molar-refractivity contribution in [1.29, 1.82) is 0 Å². The maximum absolute atomic E-state index is 13.3. The molecule has 3 rings (SSSR count). The lowest BCUT2D eigenvalue weighted by Crippen LogP contribution is -2.51. The Bertz CT molecular complexity index is 696. The molecule has 2 amide bonds. The molecule has 3 atom stereocenters. The number of hydrogen-bond acceptors (Lipinski definition) is 5. The molecule has 2 aliphatic rings. The predicted octanol–water partition coefficient (Wildman–Crippen LogP) is 1.07. The average molecular weight is 407 g/mol. The molecule has 29 heavy (non-hydrogen) atoms. The highest BCUT2D eigenvalue weighted by Crippen LogP contribution is 2.22. The Labute approximate surface area is 170 Å². The maximum Gasteiger partial charge on any atom is 0.251 e. The number of nitrogens with zero attached hydrogens (tertiary/aromatic N) is 1. The van der Waals surface area contributed by atoms with Gasteiger partial charge in [-0.2, -0.15) is 0 Å². The zero-order chi connectivity index (χ0) is 20.6.